The monoisotopic (exact) mass is 567 g/mol. The van der Waals surface area contributed by atoms with Crippen LogP contribution in [-0.4, -0.2) is 4.98 Å². The molecule has 0 unspecified atom stereocenters. The largest absolute Gasteiger partial charge is 0.437 e. The molecule has 2 aromatic heterocycles. The number of hydrogen-bond donors (Lipinski definition) is 0. The first-order valence-electron chi connectivity index (χ1n) is 16.0. The molecule has 0 aliphatic heterocycles. The maximum Gasteiger partial charge on any atom is 0.228 e. The molecule has 0 radical (unpaired) electrons. The van der Waals surface area contributed by atoms with E-state index in [-0.39, 0.29) is 10.8 Å². The van der Waals surface area contributed by atoms with E-state index in [1.54, 1.807) is 0 Å². The summed E-state index contributed by atoms with van der Waals surface area (Å²) in [6.45, 7) is 18.1. The predicted octanol–water partition coefficient (Wildman–Crippen LogP) is 12.0. The van der Waals surface area contributed by atoms with Crippen molar-refractivity contribution in [2.24, 2.45) is 0 Å². The van der Waals surface area contributed by atoms with Gasteiger partial charge in [-0.25, -0.2) is 4.98 Å². The van der Waals surface area contributed by atoms with Crippen molar-refractivity contribution in [3.63, 3.8) is 0 Å². The topological polar surface area (TPSA) is 26.0 Å². The van der Waals surface area contributed by atoms with Crippen LogP contribution in [0.1, 0.15) is 90.6 Å². The summed E-state index contributed by atoms with van der Waals surface area (Å²) in [5, 5.41) is 6.07. The summed E-state index contributed by atoms with van der Waals surface area (Å²) in [5.74, 6) is 0.868. The van der Waals surface area contributed by atoms with E-state index < -0.39 is 0 Å². The fourth-order valence-corrected chi connectivity index (χ4v) is 6.53. The van der Waals surface area contributed by atoms with Gasteiger partial charge in [-0.05, 0) is 62.1 Å². The molecule has 4 aromatic carbocycles. The molecule has 0 spiro atoms. The zero-order valence-electron chi connectivity index (χ0n) is 27.2. The summed E-state index contributed by atoms with van der Waals surface area (Å²) in [4.78, 5) is 5.33. The van der Waals surface area contributed by atoms with Crippen molar-refractivity contribution >= 4 is 32.6 Å². The van der Waals surface area contributed by atoms with Crippen molar-refractivity contribution in [2.75, 3.05) is 0 Å². The molecule has 0 fully saturated rings. The molecule has 43 heavy (non-hydrogen) atoms. The highest BCUT2D eigenvalue weighted by atomic mass is 16.3. The van der Waals surface area contributed by atoms with Gasteiger partial charge in [0.1, 0.15) is 5.76 Å². The minimum Gasteiger partial charge on any atom is -0.437 e. The summed E-state index contributed by atoms with van der Waals surface area (Å²) in [5.41, 5.74) is 9.39. The van der Waals surface area contributed by atoms with Gasteiger partial charge < -0.3 is 4.42 Å². The Kier molecular flexibility index (Phi) is 7.45. The first kappa shape index (κ1) is 29.2. The molecule has 6 aromatic rings. The first-order valence-corrected chi connectivity index (χ1v) is 16.0. The van der Waals surface area contributed by atoms with E-state index in [9.17, 15) is 0 Å². The van der Waals surface area contributed by atoms with Crippen LogP contribution >= 0.6 is 0 Å². The average molecular weight is 568 g/mol. The van der Waals surface area contributed by atoms with E-state index in [2.05, 4.69) is 134 Å². The van der Waals surface area contributed by atoms with E-state index in [4.69, 9.17) is 9.40 Å². The Labute approximate surface area is 257 Å². The molecule has 2 heterocycles. The predicted molar refractivity (Wildman–Crippen MR) is 185 cm³/mol. The standard InChI is InChI=1S/C41H45NO/c1-9-12-31-32-25-20-26-14-11-15-33-35(26)37(32)39(42-34(31)13-10-2)43-38(28-18-23-30(24-19-28)41(6,7)8)36(33)27-16-21-29(22-17-27)40(3,4)5/h11,14-25H,9-10,12-13H2,1-8H3. The Balaban J connectivity index is 1.79. The van der Waals surface area contributed by atoms with E-state index in [0.717, 1.165) is 59.2 Å². The lowest BCUT2D eigenvalue weighted by atomic mass is 9.85. The molecule has 0 N–H and O–H groups in total. The Morgan fingerprint density at radius 1 is 0.605 bits per heavy atom. The highest BCUT2D eigenvalue weighted by Gasteiger charge is 2.23. The summed E-state index contributed by atoms with van der Waals surface area (Å²) >= 11 is 0. The second-order valence-electron chi connectivity index (χ2n) is 14.2. The third kappa shape index (κ3) is 5.26. The van der Waals surface area contributed by atoms with Crippen LogP contribution in [-0.2, 0) is 23.7 Å². The van der Waals surface area contributed by atoms with Crippen molar-refractivity contribution in [1.82, 2.24) is 4.98 Å². The molecular formula is C41H45NO. The molecule has 0 saturated carbocycles. The number of rotatable bonds is 6. The summed E-state index contributed by atoms with van der Waals surface area (Å²) in [6, 6.07) is 29.3. The summed E-state index contributed by atoms with van der Waals surface area (Å²) < 4.78 is 7.14. The van der Waals surface area contributed by atoms with Gasteiger partial charge in [0, 0.05) is 22.2 Å². The van der Waals surface area contributed by atoms with Crippen LogP contribution in [0.3, 0.4) is 0 Å². The van der Waals surface area contributed by atoms with E-state index in [1.807, 2.05) is 0 Å². The molecule has 6 rings (SSSR count). The minimum atomic E-state index is 0.0720. The highest BCUT2D eigenvalue weighted by Crippen LogP contribution is 2.45. The van der Waals surface area contributed by atoms with Gasteiger partial charge >= 0.3 is 0 Å². The van der Waals surface area contributed by atoms with Gasteiger partial charge in [0.2, 0.25) is 5.71 Å². The van der Waals surface area contributed by atoms with Gasteiger partial charge in [-0.2, -0.15) is 0 Å². The van der Waals surface area contributed by atoms with Gasteiger partial charge in [-0.1, -0.05) is 147 Å². The van der Waals surface area contributed by atoms with Gasteiger partial charge in [0.25, 0.3) is 0 Å². The summed E-state index contributed by atoms with van der Waals surface area (Å²) in [7, 11) is 0. The fraction of sp³-hybridized carbons (Fsp3) is 0.341. The third-order valence-corrected chi connectivity index (χ3v) is 8.90. The molecule has 2 nitrogen and oxygen atoms in total. The molecule has 0 saturated heterocycles. The third-order valence-electron chi connectivity index (χ3n) is 8.90. The molecule has 0 amide bonds. The van der Waals surface area contributed by atoms with Gasteiger partial charge in [0.15, 0.2) is 0 Å². The lowest BCUT2D eigenvalue weighted by Crippen LogP contribution is -2.10. The molecule has 0 atom stereocenters. The number of hydrogen-bond acceptors (Lipinski definition) is 2. The minimum absolute atomic E-state index is 0.0720. The van der Waals surface area contributed by atoms with Crippen molar-refractivity contribution in [3.8, 4) is 22.5 Å². The van der Waals surface area contributed by atoms with Crippen molar-refractivity contribution in [2.45, 2.75) is 91.9 Å². The molecule has 0 aliphatic rings. The van der Waals surface area contributed by atoms with Crippen LogP contribution in [0.15, 0.2) is 83.3 Å². The Morgan fingerprint density at radius 2 is 1.21 bits per heavy atom. The zero-order chi connectivity index (χ0) is 30.5. The van der Waals surface area contributed by atoms with E-state index >= 15 is 0 Å². The van der Waals surface area contributed by atoms with Crippen LogP contribution in [0.4, 0.5) is 0 Å². The highest BCUT2D eigenvalue weighted by molar-refractivity contribution is 6.24. The van der Waals surface area contributed by atoms with Crippen LogP contribution in [0.2, 0.25) is 0 Å². The zero-order valence-corrected chi connectivity index (χ0v) is 27.2. The number of pyridine rings is 1. The maximum atomic E-state index is 7.14. The molecule has 220 valence electrons. The van der Waals surface area contributed by atoms with Crippen molar-refractivity contribution in [1.29, 1.82) is 0 Å². The first-order chi connectivity index (χ1) is 20.5. The number of nitrogens with zero attached hydrogens (tertiary/aromatic N) is 1. The van der Waals surface area contributed by atoms with Gasteiger partial charge in [-0.3, -0.25) is 0 Å². The number of aryl methyl sites for hydroxylation is 2. The quantitative estimate of drug-likeness (QED) is 0.187. The van der Waals surface area contributed by atoms with Crippen LogP contribution in [0.25, 0.3) is 55.1 Å². The SMILES string of the molecule is CCCc1nc2oc(-c3ccc(C(C)(C)C)cc3)c(-c3ccc(C(C)(C)C)cc3)c3cccc4ccc(c1CCC)c2c43. The fourth-order valence-electron chi connectivity index (χ4n) is 6.53. The lowest BCUT2D eigenvalue weighted by molar-refractivity contribution is 0.589. The average Bonchev–Trinajstić information content (AvgIpc) is 3.12. The van der Waals surface area contributed by atoms with Crippen molar-refractivity contribution in [3.05, 3.63) is 101 Å². The summed E-state index contributed by atoms with van der Waals surface area (Å²) in [6.07, 6.45) is 4.10. The smallest absolute Gasteiger partial charge is 0.228 e. The van der Waals surface area contributed by atoms with Gasteiger partial charge in [-0.15, -0.1) is 0 Å². The Bertz CT molecular complexity index is 1920. The van der Waals surface area contributed by atoms with Crippen LogP contribution < -0.4 is 0 Å². The molecule has 0 bridgehead atoms. The lowest BCUT2D eigenvalue weighted by Gasteiger charge is -2.20. The maximum absolute atomic E-state index is 7.14. The normalized spacial score (nSPS) is 12.6. The van der Waals surface area contributed by atoms with E-state index in [1.165, 1.54) is 43.9 Å². The second-order valence-corrected chi connectivity index (χ2v) is 14.2. The number of aromatic nitrogens is 1. The molecular weight excluding hydrogens is 522 g/mol. The van der Waals surface area contributed by atoms with E-state index in [0.29, 0.717) is 0 Å². The number of benzene rings is 4. The van der Waals surface area contributed by atoms with Crippen LogP contribution in [0.5, 0.6) is 0 Å². The second kappa shape index (κ2) is 11.0. The Hall–Kier alpha value is -3.91. The Morgan fingerprint density at radius 3 is 1.79 bits per heavy atom. The van der Waals surface area contributed by atoms with Crippen LogP contribution in [0, 0.1) is 0 Å². The molecule has 2 heteroatoms. The molecule has 0 aliphatic carbocycles. The van der Waals surface area contributed by atoms with Gasteiger partial charge in [0.05, 0.1) is 5.39 Å². The van der Waals surface area contributed by atoms with Crippen molar-refractivity contribution < 1.29 is 4.42 Å².